The molecule has 1 atom stereocenters. The minimum atomic E-state index is 0.0155. The third-order valence-corrected chi connectivity index (χ3v) is 1.56. The van der Waals surface area contributed by atoms with Crippen LogP contribution in [-0.2, 0) is 4.79 Å². The van der Waals surface area contributed by atoms with Gasteiger partial charge in [-0.3, -0.25) is 4.79 Å². The Morgan fingerprint density at radius 3 is 2.50 bits per heavy atom. The summed E-state index contributed by atoms with van der Waals surface area (Å²) in [5.74, 6) is 0.0155. The molecule has 0 bridgehead atoms. The van der Waals surface area contributed by atoms with Gasteiger partial charge in [-0.15, -0.1) is 0 Å². The van der Waals surface area contributed by atoms with Gasteiger partial charge in [0.1, 0.15) is 0 Å². The number of hydrogen-bond donors (Lipinski definition) is 2. The van der Waals surface area contributed by atoms with Gasteiger partial charge in [-0.25, -0.2) is 0 Å². The van der Waals surface area contributed by atoms with E-state index in [1.54, 1.807) is 0 Å². The predicted octanol–water partition coefficient (Wildman–Crippen LogP) is 1.02. The van der Waals surface area contributed by atoms with Crippen LogP contribution in [0.15, 0.2) is 11.8 Å². The zero-order chi connectivity index (χ0) is 9.56. The first-order chi connectivity index (χ1) is 5.56. The van der Waals surface area contributed by atoms with E-state index in [1.807, 2.05) is 26.8 Å². The van der Waals surface area contributed by atoms with E-state index < -0.39 is 0 Å². The van der Waals surface area contributed by atoms with Crippen LogP contribution in [0.4, 0.5) is 0 Å². The third kappa shape index (κ3) is 5.77. The van der Waals surface area contributed by atoms with Crippen LogP contribution in [0.5, 0.6) is 0 Å². The van der Waals surface area contributed by atoms with Crippen molar-refractivity contribution >= 4 is 5.91 Å². The molecule has 0 saturated heterocycles. The van der Waals surface area contributed by atoms with Crippen LogP contribution in [0.25, 0.3) is 0 Å². The molecule has 2 N–H and O–H groups in total. The van der Waals surface area contributed by atoms with Gasteiger partial charge in [0.15, 0.2) is 0 Å². The summed E-state index contributed by atoms with van der Waals surface area (Å²) < 4.78 is 0. The Balaban J connectivity index is 3.59. The van der Waals surface area contributed by atoms with Crippen molar-refractivity contribution in [2.24, 2.45) is 0 Å². The van der Waals surface area contributed by atoms with Crippen molar-refractivity contribution in [1.29, 1.82) is 0 Å². The highest BCUT2D eigenvalue weighted by Crippen LogP contribution is 1.88. The summed E-state index contributed by atoms with van der Waals surface area (Å²) in [6.45, 7) is 8.20. The normalized spacial score (nSPS) is 13.8. The number of amides is 1. The Morgan fingerprint density at radius 1 is 1.50 bits per heavy atom. The standard InChI is InChI=1S/C9H18N2O/c1-5-7(2)11-8(3)6-10-9(4)12/h5,8,11H,6H2,1-4H3,(H,10,12)/b7-5-/t8-/m1/s1. The quantitative estimate of drug-likeness (QED) is 0.661. The third-order valence-electron chi connectivity index (χ3n) is 1.56. The Morgan fingerprint density at radius 2 is 2.08 bits per heavy atom. The summed E-state index contributed by atoms with van der Waals surface area (Å²) in [5.41, 5.74) is 1.13. The van der Waals surface area contributed by atoms with Gasteiger partial charge in [0.25, 0.3) is 0 Å². The van der Waals surface area contributed by atoms with Crippen LogP contribution in [0.1, 0.15) is 27.7 Å². The summed E-state index contributed by atoms with van der Waals surface area (Å²) in [4.78, 5) is 10.6. The van der Waals surface area contributed by atoms with Crippen LogP contribution in [0, 0.1) is 0 Å². The monoisotopic (exact) mass is 170 g/mol. The molecular weight excluding hydrogens is 152 g/mol. The van der Waals surface area contributed by atoms with Crippen LogP contribution in [0.3, 0.4) is 0 Å². The van der Waals surface area contributed by atoms with Crippen molar-refractivity contribution in [2.75, 3.05) is 6.54 Å². The second kappa shape index (κ2) is 5.63. The van der Waals surface area contributed by atoms with E-state index in [0.29, 0.717) is 6.54 Å². The van der Waals surface area contributed by atoms with Crippen molar-refractivity contribution in [3.8, 4) is 0 Å². The van der Waals surface area contributed by atoms with Gasteiger partial charge in [-0.1, -0.05) is 6.08 Å². The molecule has 0 saturated carbocycles. The minimum Gasteiger partial charge on any atom is -0.385 e. The molecule has 0 fully saturated rings. The molecule has 0 aliphatic rings. The molecule has 70 valence electrons. The zero-order valence-electron chi connectivity index (χ0n) is 8.27. The Bertz CT molecular complexity index is 175. The molecule has 0 aliphatic carbocycles. The van der Waals surface area contributed by atoms with Gasteiger partial charge in [0, 0.05) is 25.2 Å². The lowest BCUT2D eigenvalue weighted by Gasteiger charge is -2.15. The Kier molecular flexibility index (Phi) is 5.17. The first kappa shape index (κ1) is 11.0. The largest absolute Gasteiger partial charge is 0.385 e. The lowest BCUT2D eigenvalue weighted by Crippen LogP contribution is -2.37. The van der Waals surface area contributed by atoms with Crippen LogP contribution in [-0.4, -0.2) is 18.5 Å². The van der Waals surface area contributed by atoms with Crippen molar-refractivity contribution in [3.05, 3.63) is 11.8 Å². The maximum atomic E-state index is 10.6. The number of rotatable bonds is 4. The van der Waals surface area contributed by atoms with E-state index >= 15 is 0 Å². The zero-order valence-corrected chi connectivity index (χ0v) is 8.27. The molecule has 0 rings (SSSR count). The van der Waals surface area contributed by atoms with Gasteiger partial charge < -0.3 is 10.6 Å². The smallest absolute Gasteiger partial charge is 0.216 e. The molecule has 0 spiro atoms. The van der Waals surface area contributed by atoms with E-state index in [9.17, 15) is 4.79 Å². The van der Waals surface area contributed by atoms with Gasteiger partial charge in [0.2, 0.25) is 5.91 Å². The first-order valence-electron chi connectivity index (χ1n) is 4.20. The summed E-state index contributed by atoms with van der Waals surface area (Å²) in [6.07, 6.45) is 2.00. The number of carbonyl (C=O) groups excluding carboxylic acids is 1. The van der Waals surface area contributed by atoms with Crippen LogP contribution < -0.4 is 10.6 Å². The van der Waals surface area contributed by atoms with E-state index in [2.05, 4.69) is 10.6 Å². The second-order valence-corrected chi connectivity index (χ2v) is 2.95. The van der Waals surface area contributed by atoms with Gasteiger partial charge in [-0.05, 0) is 20.8 Å². The molecule has 0 unspecified atom stereocenters. The minimum absolute atomic E-state index is 0.0155. The second-order valence-electron chi connectivity index (χ2n) is 2.95. The van der Waals surface area contributed by atoms with Gasteiger partial charge in [0.05, 0.1) is 0 Å². The van der Waals surface area contributed by atoms with E-state index in [-0.39, 0.29) is 11.9 Å². The van der Waals surface area contributed by atoms with Crippen molar-refractivity contribution < 1.29 is 4.79 Å². The fourth-order valence-electron chi connectivity index (χ4n) is 0.820. The summed E-state index contributed by atoms with van der Waals surface area (Å²) in [5, 5.41) is 5.98. The Labute approximate surface area is 74.2 Å². The molecule has 0 aromatic heterocycles. The maximum absolute atomic E-state index is 10.6. The van der Waals surface area contributed by atoms with Gasteiger partial charge >= 0.3 is 0 Å². The van der Waals surface area contributed by atoms with Gasteiger partial charge in [-0.2, -0.15) is 0 Å². The lowest BCUT2D eigenvalue weighted by atomic mass is 10.3. The van der Waals surface area contributed by atoms with Crippen molar-refractivity contribution in [3.63, 3.8) is 0 Å². The molecule has 0 aromatic rings. The van der Waals surface area contributed by atoms with E-state index in [0.717, 1.165) is 5.70 Å². The highest BCUT2D eigenvalue weighted by Gasteiger charge is 2.00. The van der Waals surface area contributed by atoms with Crippen LogP contribution >= 0.6 is 0 Å². The van der Waals surface area contributed by atoms with Crippen molar-refractivity contribution in [1.82, 2.24) is 10.6 Å². The SMILES string of the molecule is C/C=C(/C)N[C@H](C)CNC(C)=O. The van der Waals surface area contributed by atoms with Crippen LogP contribution in [0.2, 0.25) is 0 Å². The van der Waals surface area contributed by atoms with Crippen molar-refractivity contribution in [2.45, 2.75) is 33.7 Å². The number of nitrogens with one attached hydrogen (secondary N) is 2. The lowest BCUT2D eigenvalue weighted by molar-refractivity contribution is -0.119. The average molecular weight is 170 g/mol. The molecular formula is C9H18N2O. The fourth-order valence-corrected chi connectivity index (χ4v) is 0.820. The molecule has 3 nitrogen and oxygen atoms in total. The highest BCUT2D eigenvalue weighted by molar-refractivity contribution is 5.72. The molecule has 0 aromatic carbocycles. The molecule has 0 heterocycles. The average Bonchev–Trinajstić information content (AvgIpc) is 2.00. The maximum Gasteiger partial charge on any atom is 0.216 e. The fraction of sp³-hybridized carbons (Fsp3) is 0.667. The summed E-state index contributed by atoms with van der Waals surface area (Å²) in [7, 11) is 0. The number of hydrogen-bond acceptors (Lipinski definition) is 2. The predicted molar refractivity (Wildman–Crippen MR) is 50.7 cm³/mol. The molecule has 1 amide bonds. The first-order valence-corrected chi connectivity index (χ1v) is 4.20. The van der Waals surface area contributed by atoms with E-state index in [1.165, 1.54) is 6.92 Å². The highest BCUT2D eigenvalue weighted by atomic mass is 16.1. The molecule has 0 aliphatic heterocycles. The molecule has 3 heteroatoms. The number of carbonyl (C=O) groups is 1. The van der Waals surface area contributed by atoms with E-state index in [4.69, 9.17) is 0 Å². The summed E-state index contributed by atoms with van der Waals surface area (Å²) >= 11 is 0. The molecule has 0 radical (unpaired) electrons. The Hall–Kier alpha value is -0.990. The molecule has 12 heavy (non-hydrogen) atoms. The topological polar surface area (TPSA) is 41.1 Å². The number of allylic oxidation sites excluding steroid dienone is 2. The summed E-state index contributed by atoms with van der Waals surface area (Å²) in [6, 6.07) is 0.282.